The molecule has 3 aromatic carbocycles. The zero-order chi connectivity index (χ0) is 24.1. The van der Waals surface area contributed by atoms with Crippen LogP contribution in [-0.4, -0.2) is 35.7 Å². The number of hydrogen-bond donors (Lipinski definition) is 2. The number of rotatable bonds is 6. The van der Waals surface area contributed by atoms with Crippen molar-refractivity contribution in [1.82, 2.24) is 20.6 Å². The zero-order valence-electron chi connectivity index (χ0n) is 19.4. The van der Waals surface area contributed by atoms with Crippen LogP contribution in [0.4, 0.5) is 5.69 Å². The fourth-order valence-electron chi connectivity index (χ4n) is 3.54. The van der Waals surface area contributed by atoms with Gasteiger partial charge in [0, 0.05) is 37.1 Å². The fourth-order valence-corrected chi connectivity index (χ4v) is 3.54. The Morgan fingerprint density at radius 1 is 0.882 bits per heavy atom. The van der Waals surface area contributed by atoms with Gasteiger partial charge in [-0.2, -0.15) is 5.10 Å². The summed E-state index contributed by atoms with van der Waals surface area (Å²) in [5, 5.41) is 4.68. The lowest BCUT2D eigenvalue weighted by atomic mass is 10.1. The van der Waals surface area contributed by atoms with Gasteiger partial charge in [0.1, 0.15) is 5.69 Å². The molecule has 7 nitrogen and oxygen atoms in total. The lowest BCUT2D eigenvalue weighted by molar-refractivity contribution is 0.0847. The minimum absolute atomic E-state index is 0.377. The smallest absolute Gasteiger partial charge is 0.273 e. The van der Waals surface area contributed by atoms with E-state index in [4.69, 9.17) is 0 Å². The second kappa shape index (κ2) is 10.0. The Morgan fingerprint density at radius 2 is 1.59 bits per heavy atom. The Balaban J connectivity index is 1.56. The number of anilines is 1. The van der Waals surface area contributed by atoms with E-state index < -0.39 is 11.8 Å². The summed E-state index contributed by atoms with van der Waals surface area (Å²) >= 11 is 0. The summed E-state index contributed by atoms with van der Waals surface area (Å²) in [5.41, 5.74) is 10.3. The molecule has 4 rings (SSSR count). The summed E-state index contributed by atoms with van der Waals surface area (Å²) in [6.07, 6.45) is 1.70. The quantitative estimate of drug-likeness (QED) is 0.432. The number of carbonyl (C=O) groups is 2. The molecule has 2 amide bonds. The van der Waals surface area contributed by atoms with Crippen molar-refractivity contribution in [2.75, 3.05) is 19.0 Å². The molecule has 0 saturated heterocycles. The lowest BCUT2D eigenvalue weighted by Gasteiger charge is -2.13. The lowest BCUT2D eigenvalue weighted by Crippen LogP contribution is -2.41. The van der Waals surface area contributed by atoms with Gasteiger partial charge < -0.3 is 4.90 Å². The Bertz CT molecular complexity index is 1290. The number of carbonyl (C=O) groups excluding carboxylic acids is 2. The molecule has 0 unspecified atom stereocenters. The van der Waals surface area contributed by atoms with Gasteiger partial charge in [0.15, 0.2) is 0 Å². The number of aryl methyl sites for hydroxylation is 1. The summed E-state index contributed by atoms with van der Waals surface area (Å²) in [5.74, 6) is -0.836. The monoisotopic (exact) mass is 453 g/mol. The molecule has 0 aliphatic heterocycles. The third kappa shape index (κ3) is 5.32. The van der Waals surface area contributed by atoms with Crippen molar-refractivity contribution in [3.8, 4) is 11.3 Å². The van der Waals surface area contributed by atoms with Crippen LogP contribution in [-0.2, 0) is 6.54 Å². The SMILES string of the molecule is Cc1ccc(-c2nn(Cc3ccccc3)cc2C(=O)NNC(=O)c2cccc(N(C)C)c2)cc1. The number of amides is 2. The van der Waals surface area contributed by atoms with E-state index in [1.807, 2.05) is 86.6 Å². The van der Waals surface area contributed by atoms with Gasteiger partial charge in [0.25, 0.3) is 11.8 Å². The van der Waals surface area contributed by atoms with Crippen molar-refractivity contribution in [3.05, 3.63) is 107 Å². The van der Waals surface area contributed by atoms with Crippen molar-refractivity contribution >= 4 is 17.5 Å². The Kier molecular flexibility index (Phi) is 6.73. The molecule has 1 heterocycles. The molecular formula is C27H27N5O2. The Labute approximate surface area is 199 Å². The molecule has 7 heteroatoms. The Morgan fingerprint density at radius 3 is 2.29 bits per heavy atom. The maximum absolute atomic E-state index is 13.1. The molecule has 1 aromatic heterocycles. The highest BCUT2D eigenvalue weighted by molar-refractivity contribution is 6.02. The summed E-state index contributed by atoms with van der Waals surface area (Å²) < 4.78 is 1.74. The highest BCUT2D eigenvalue weighted by Crippen LogP contribution is 2.23. The molecule has 0 spiro atoms. The fraction of sp³-hybridized carbons (Fsp3) is 0.148. The topological polar surface area (TPSA) is 79.3 Å². The van der Waals surface area contributed by atoms with Crippen LogP contribution in [0, 0.1) is 6.92 Å². The van der Waals surface area contributed by atoms with Gasteiger partial charge in [0.2, 0.25) is 0 Å². The molecule has 2 N–H and O–H groups in total. The highest BCUT2D eigenvalue weighted by Gasteiger charge is 2.19. The van der Waals surface area contributed by atoms with E-state index in [9.17, 15) is 9.59 Å². The van der Waals surface area contributed by atoms with E-state index in [1.165, 1.54) is 0 Å². The van der Waals surface area contributed by atoms with E-state index in [1.54, 1.807) is 29.1 Å². The summed E-state index contributed by atoms with van der Waals surface area (Å²) in [6.45, 7) is 2.53. The average Bonchev–Trinajstić information content (AvgIpc) is 3.27. The van der Waals surface area contributed by atoms with E-state index >= 15 is 0 Å². The van der Waals surface area contributed by atoms with Gasteiger partial charge in [-0.05, 0) is 30.7 Å². The first-order valence-corrected chi connectivity index (χ1v) is 11.0. The molecule has 0 aliphatic carbocycles. The first-order chi connectivity index (χ1) is 16.4. The number of nitrogens with zero attached hydrogens (tertiary/aromatic N) is 3. The minimum Gasteiger partial charge on any atom is -0.378 e. The average molecular weight is 454 g/mol. The summed E-state index contributed by atoms with van der Waals surface area (Å²) in [7, 11) is 3.80. The van der Waals surface area contributed by atoms with E-state index in [0.717, 1.165) is 22.4 Å². The minimum atomic E-state index is -0.438. The molecule has 0 radical (unpaired) electrons. The van der Waals surface area contributed by atoms with Crippen molar-refractivity contribution < 1.29 is 9.59 Å². The molecule has 34 heavy (non-hydrogen) atoms. The van der Waals surface area contributed by atoms with Crippen molar-refractivity contribution in [2.45, 2.75) is 13.5 Å². The van der Waals surface area contributed by atoms with Gasteiger partial charge >= 0.3 is 0 Å². The van der Waals surface area contributed by atoms with Crippen molar-refractivity contribution in [3.63, 3.8) is 0 Å². The molecule has 0 saturated carbocycles. The molecule has 0 aliphatic rings. The second-order valence-electron chi connectivity index (χ2n) is 8.29. The van der Waals surface area contributed by atoms with Crippen LogP contribution in [0.15, 0.2) is 85.1 Å². The van der Waals surface area contributed by atoms with Gasteiger partial charge in [-0.3, -0.25) is 25.1 Å². The van der Waals surface area contributed by atoms with E-state index in [0.29, 0.717) is 23.4 Å². The third-order valence-electron chi connectivity index (χ3n) is 5.43. The standard InChI is InChI=1S/C27H27N5O2/c1-19-12-14-21(15-13-19)25-24(18-32(30-25)17-20-8-5-4-6-9-20)27(34)29-28-26(33)22-10-7-11-23(16-22)31(2)3/h4-16,18H,17H2,1-3H3,(H,28,33)(H,29,34). The van der Waals surface area contributed by atoms with E-state index in [-0.39, 0.29) is 0 Å². The molecular weight excluding hydrogens is 426 g/mol. The number of aromatic nitrogens is 2. The van der Waals surface area contributed by atoms with Crippen LogP contribution >= 0.6 is 0 Å². The molecule has 0 atom stereocenters. The van der Waals surface area contributed by atoms with Gasteiger partial charge in [-0.25, -0.2) is 0 Å². The van der Waals surface area contributed by atoms with Crippen LogP contribution in [0.2, 0.25) is 0 Å². The maximum Gasteiger partial charge on any atom is 0.273 e. The van der Waals surface area contributed by atoms with Crippen LogP contribution in [0.5, 0.6) is 0 Å². The Hall–Kier alpha value is -4.39. The van der Waals surface area contributed by atoms with Crippen LogP contribution in [0.1, 0.15) is 31.8 Å². The van der Waals surface area contributed by atoms with E-state index in [2.05, 4.69) is 16.0 Å². The zero-order valence-corrected chi connectivity index (χ0v) is 19.4. The summed E-state index contributed by atoms with van der Waals surface area (Å²) in [6, 6.07) is 24.9. The predicted octanol–water partition coefficient (Wildman–Crippen LogP) is 4.05. The number of hydrazine groups is 1. The number of benzene rings is 3. The molecule has 172 valence electrons. The van der Waals surface area contributed by atoms with Crippen LogP contribution < -0.4 is 15.8 Å². The largest absolute Gasteiger partial charge is 0.378 e. The van der Waals surface area contributed by atoms with Crippen molar-refractivity contribution in [1.29, 1.82) is 0 Å². The van der Waals surface area contributed by atoms with Gasteiger partial charge in [-0.15, -0.1) is 0 Å². The first-order valence-electron chi connectivity index (χ1n) is 11.0. The normalized spacial score (nSPS) is 10.6. The second-order valence-corrected chi connectivity index (χ2v) is 8.29. The third-order valence-corrected chi connectivity index (χ3v) is 5.43. The van der Waals surface area contributed by atoms with Crippen LogP contribution in [0.3, 0.4) is 0 Å². The van der Waals surface area contributed by atoms with Crippen molar-refractivity contribution in [2.24, 2.45) is 0 Å². The number of hydrogen-bond acceptors (Lipinski definition) is 4. The first kappa shape index (κ1) is 22.8. The number of nitrogens with one attached hydrogen (secondary N) is 2. The molecule has 4 aromatic rings. The maximum atomic E-state index is 13.1. The summed E-state index contributed by atoms with van der Waals surface area (Å²) in [4.78, 5) is 27.6. The van der Waals surface area contributed by atoms with Gasteiger partial charge in [0.05, 0.1) is 12.1 Å². The molecule has 0 bridgehead atoms. The predicted molar refractivity (Wildman–Crippen MR) is 134 cm³/mol. The highest BCUT2D eigenvalue weighted by atomic mass is 16.2. The van der Waals surface area contributed by atoms with Gasteiger partial charge in [-0.1, -0.05) is 66.2 Å². The molecule has 0 fully saturated rings. The van der Waals surface area contributed by atoms with Crippen LogP contribution in [0.25, 0.3) is 11.3 Å².